The van der Waals surface area contributed by atoms with Crippen molar-refractivity contribution in [1.29, 1.82) is 0 Å². The number of carbonyl (C=O) groups excluding carboxylic acids is 2. The number of nitrogens with zero attached hydrogens (tertiary/aromatic N) is 1. The molecule has 1 atom stereocenters. The maximum Gasteiger partial charge on any atom is 0.224 e. The van der Waals surface area contributed by atoms with Gasteiger partial charge in [0.1, 0.15) is 0 Å². The predicted octanol–water partition coefficient (Wildman–Crippen LogP) is 1.37. The van der Waals surface area contributed by atoms with Crippen molar-refractivity contribution < 1.29 is 9.59 Å². The second-order valence-electron chi connectivity index (χ2n) is 6.21. The summed E-state index contributed by atoms with van der Waals surface area (Å²) >= 11 is 0. The van der Waals surface area contributed by atoms with E-state index in [0.717, 1.165) is 6.42 Å². The van der Waals surface area contributed by atoms with Crippen molar-refractivity contribution in [2.75, 3.05) is 20.1 Å². The second-order valence-corrected chi connectivity index (χ2v) is 6.21. The lowest BCUT2D eigenvalue weighted by Gasteiger charge is -2.21. The normalized spacial score (nSPS) is 12.6. The van der Waals surface area contributed by atoms with Crippen LogP contribution >= 0.6 is 0 Å². The summed E-state index contributed by atoms with van der Waals surface area (Å²) in [7, 11) is 1.78. The van der Waals surface area contributed by atoms with E-state index in [1.807, 2.05) is 13.8 Å². The Labute approximate surface area is 123 Å². The summed E-state index contributed by atoms with van der Waals surface area (Å²) in [5.74, 6) is 0.822. The first-order valence-electron chi connectivity index (χ1n) is 7.50. The van der Waals surface area contributed by atoms with E-state index in [-0.39, 0.29) is 17.9 Å². The molecular weight excluding hydrogens is 254 g/mol. The van der Waals surface area contributed by atoms with Gasteiger partial charge in [0.15, 0.2) is 0 Å². The van der Waals surface area contributed by atoms with Crippen molar-refractivity contribution in [1.82, 2.24) is 10.2 Å². The highest BCUT2D eigenvalue weighted by Gasteiger charge is 2.13. The van der Waals surface area contributed by atoms with Crippen molar-refractivity contribution in [3.05, 3.63) is 0 Å². The Morgan fingerprint density at radius 1 is 1.20 bits per heavy atom. The van der Waals surface area contributed by atoms with Crippen molar-refractivity contribution in [2.45, 2.75) is 53.0 Å². The van der Waals surface area contributed by atoms with E-state index in [1.165, 1.54) is 0 Å². The van der Waals surface area contributed by atoms with Crippen LogP contribution in [-0.2, 0) is 9.59 Å². The molecule has 20 heavy (non-hydrogen) atoms. The van der Waals surface area contributed by atoms with Crippen molar-refractivity contribution in [2.24, 2.45) is 17.6 Å². The Hall–Kier alpha value is -1.10. The van der Waals surface area contributed by atoms with Gasteiger partial charge in [-0.2, -0.15) is 0 Å². The molecule has 3 N–H and O–H groups in total. The third-order valence-electron chi connectivity index (χ3n) is 3.33. The van der Waals surface area contributed by atoms with E-state index in [1.54, 1.807) is 11.9 Å². The molecule has 0 spiro atoms. The molecule has 0 rings (SSSR count). The standard InChI is InChI=1S/C15H31N3O2/c1-11(2)10-14(19)17-8-6-15(20)18(5)9-7-13(16)12(3)4/h11-13H,6-10,16H2,1-5H3,(H,17,19). The van der Waals surface area contributed by atoms with E-state index in [9.17, 15) is 9.59 Å². The monoisotopic (exact) mass is 285 g/mol. The fourth-order valence-corrected chi connectivity index (χ4v) is 1.74. The van der Waals surface area contributed by atoms with Crippen LogP contribution in [0, 0.1) is 11.8 Å². The van der Waals surface area contributed by atoms with Gasteiger partial charge in [-0.3, -0.25) is 9.59 Å². The maximum absolute atomic E-state index is 11.9. The zero-order valence-corrected chi connectivity index (χ0v) is 13.6. The molecule has 0 aromatic heterocycles. The smallest absolute Gasteiger partial charge is 0.224 e. The van der Waals surface area contributed by atoms with Gasteiger partial charge in [0.05, 0.1) is 0 Å². The van der Waals surface area contributed by atoms with E-state index in [2.05, 4.69) is 19.2 Å². The largest absolute Gasteiger partial charge is 0.356 e. The van der Waals surface area contributed by atoms with E-state index >= 15 is 0 Å². The first-order chi connectivity index (χ1) is 9.23. The number of hydrogen-bond donors (Lipinski definition) is 2. The number of rotatable bonds is 9. The molecule has 0 aliphatic heterocycles. The minimum atomic E-state index is 0.0114. The lowest BCUT2D eigenvalue weighted by molar-refractivity contribution is -0.130. The molecule has 0 bridgehead atoms. The van der Waals surface area contributed by atoms with Gasteiger partial charge in [-0.15, -0.1) is 0 Å². The highest BCUT2D eigenvalue weighted by molar-refractivity contribution is 5.79. The number of nitrogens with one attached hydrogen (secondary N) is 1. The van der Waals surface area contributed by atoms with Gasteiger partial charge in [-0.1, -0.05) is 27.7 Å². The Balaban J connectivity index is 3.83. The lowest BCUT2D eigenvalue weighted by Crippen LogP contribution is -2.36. The summed E-state index contributed by atoms with van der Waals surface area (Å²) in [4.78, 5) is 25.0. The third kappa shape index (κ3) is 8.91. The molecule has 0 aromatic carbocycles. The molecule has 118 valence electrons. The molecule has 5 heteroatoms. The maximum atomic E-state index is 11.9. The molecular formula is C15H31N3O2. The molecule has 0 aromatic rings. The van der Waals surface area contributed by atoms with Gasteiger partial charge in [-0.05, 0) is 18.3 Å². The molecule has 5 nitrogen and oxygen atoms in total. The van der Waals surface area contributed by atoms with Gasteiger partial charge in [-0.25, -0.2) is 0 Å². The molecule has 2 amide bonds. The lowest BCUT2D eigenvalue weighted by atomic mass is 10.0. The first-order valence-corrected chi connectivity index (χ1v) is 7.50. The van der Waals surface area contributed by atoms with Crippen LogP contribution in [-0.4, -0.2) is 42.9 Å². The molecule has 0 fully saturated rings. The van der Waals surface area contributed by atoms with E-state index in [0.29, 0.717) is 37.8 Å². The molecule has 1 unspecified atom stereocenters. The Bertz CT molecular complexity index is 303. The summed E-state index contributed by atoms with van der Waals surface area (Å²) in [6, 6.07) is 0.121. The van der Waals surface area contributed by atoms with E-state index < -0.39 is 0 Å². The summed E-state index contributed by atoms with van der Waals surface area (Å²) in [6.45, 7) is 9.23. The molecule has 0 saturated heterocycles. The first kappa shape index (κ1) is 18.9. The van der Waals surface area contributed by atoms with Crippen molar-refractivity contribution in [3.8, 4) is 0 Å². The second kappa shape index (κ2) is 9.75. The number of hydrogen-bond acceptors (Lipinski definition) is 3. The van der Waals surface area contributed by atoms with Crippen LogP contribution in [0.25, 0.3) is 0 Å². The zero-order valence-electron chi connectivity index (χ0n) is 13.6. The van der Waals surface area contributed by atoms with Crippen LogP contribution in [0.15, 0.2) is 0 Å². The predicted molar refractivity (Wildman–Crippen MR) is 82.1 cm³/mol. The van der Waals surface area contributed by atoms with Crippen LogP contribution in [0.1, 0.15) is 47.0 Å². The van der Waals surface area contributed by atoms with Crippen LogP contribution in [0.4, 0.5) is 0 Å². The SMILES string of the molecule is CC(C)CC(=O)NCCC(=O)N(C)CCC(N)C(C)C. The zero-order chi connectivity index (χ0) is 15.7. The van der Waals surface area contributed by atoms with Gasteiger partial charge in [0.2, 0.25) is 11.8 Å². The highest BCUT2D eigenvalue weighted by atomic mass is 16.2. The minimum Gasteiger partial charge on any atom is -0.356 e. The molecule has 0 saturated carbocycles. The van der Waals surface area contributed by atoms with Crippen LogP contribution in [0.2, 0.25) is 0 Å². The summed E-state index contributed by atoms with van der Waals surface area (Å²) in [5.41, 5.74) is 5.96. The molecule has 0 aliphatic carbocycles. The van der Waals surface area contributed by atoms with Crippen LogP contribution in [0.5, 0.6) is 0 Å². The Morgan fingerprint density at radius 2 is 1.80 bits per heavy atom. The van der Waals surface area contributed by atoms with Gasteiger partial charge < -0.3 is 16.0 Å². The third-order valence-corrected chi connectivity index (χ3v) is 3.33. The highest BCUT2D eigenvalue weighted by Crippen LogP contribution is 2.04. The molecule has 0 radical (unpaired) electrons. The Morgan fingerprint density at radius 3 is 2.30 bits per heavy atom. The Kier molecular flexibility index (Phi) is 9.21. The average molecular weight is 285 g/mol. The fourth-order valence-electron chi connectivity index (χ4n) is 1.74. The van der Waals surface area contributed by atoms with Gasteiger partial charge in [0, 0.05) is 39.0 Å². The van der Waals surface area contributed by atoms with Crippen LogP contribution < -0.4 is 11.1 Å². The molecule has 0 aliphatic rings. The molecule has 0 heterocycles. The van der Waals surface area contributed by atoms with Crippen LogP contribution in [0.3, 0.4) is 0 Å². The minimum absolute atomic E-state index is 0.0114. The number of amides is 2. The summed E-state index contributed by atoms with van der Waals surface area (Å²) in [6.07, 6.45) is 1.66. The quantitative estimate of drug-likeness (QED) is 0.672. The van der Waals surface area contributed by atoms with Gasteiger partial charge >= 0.3 is 0 Å². The van der Waals surface area contributed by atoms with Crippen molar-refractivity contribution in [3.63, 3.8) is 0 Å². The fraction of sp³-hybridized carbons (Fsp3) is 0.867. The average Bonchev–Trinajstić information content (AvgIpc) is 2.33. The number of carbonyl (C=O) groups is 2. The van der Waals surface area contributed by atoms with Crippen molar-refractivity contribution >= 4 is 11.8 Å². The summed E-state index contributed by atoms with van der Waals surface area (Å²) in [5, 5.41) is 2.77. The van der Waals surface area contributed by atoms with Gasteiger partial charge in [0.25, 0.3) is 0 Å². The topological polar surface area (TPSA) is 75.4 Å². The summed E-state index contributed by atoms with van der Waals surface area (Å²) < 4.78 is 0. The number of nitrogens with two attached hydrogens (primary N) is 1. The van der Waals surface area contributed by atoms with E-state index in [4.69, 9.17) is 5.73 Å².